The highest BCUT2D eigenvalue weighted by atomic mass is 16.5. The minimum atomic E-state index is -1.34. The number of hydrogen-bond donors (Lipinski definition) is 1. The van der Waals surface area contributed by atoms with Crippen LogP contribution in [0.15, 0.2) is 23.1 Å². The van der Waals surface area contributed by atoms with Gasteiger partial charge in [0.2, 0.25) is 5.43 Å². The third-order valence-electron chi connectivity index (χ3n) is 4.79. The van der Waals surface area contributed by atoms with Gasteiger partial charge in [0.1, 0.15) is 12.2 Å². The highest BCUT2D eigenvalue weighted by Gasteiger charge is 2.38. The molecular formula is C18H23N3O5. The molecule has 0 aliphatic carbocycles. The number of carbonyl (C=O) groups is 2. The van der Waals surface area contributed by atoms with Gasteiger partial charge < -0.3 is 14.7 Å². The Kier molecular flexibility index (Phi) is 4.76. The molecule has 0 unspecified atom stereocenters. The standard InChI is InChI=1S/C18H23N3O5/c1-4-5-8-26-16-14-17(23)19-10-21(12(3)7-6-11(19)2)20(14)9-13(15(16)22)18(24)25/h6-7,9,11-12H,4-5,8,10H2,1-3H3,(H,24,25)/t11-,12+/m0/s1. The van der Waals surface area contributed by atoms with Gasteiger partial charge in [-0.3, -0.25) is 19.3 Å². The second-order valence-corrected chi connectivity index (χ2v) is 6.62. The summed E-state index contributed by atoms with van der Waals surface area (Å²) in [7, 11) is 0. The van der Waals surface area contributed by atoms with E-state index in [9.17, 15) is 19.5 Å². The van der Waals surface area contributed by atoms with E-state index in [1.807, 2.05) is 37.9 Å². The second kappa shape index (κ2) is 6.86. The number of aromatic nitrogens is 1. The molecule has 0 aromatic carbocycles. The van der Waals surface area contributed by atoms with Gasteiger partial charge in [0, 0.05) is 12.2 Å². The van der Waals surface area contributed by atoms with E-state index in [2.05, 4.69) is 0 Å². The van der Waals surface area contributed by atoms with Crippen LogP contribution in [0.5, 0.6) is 5.75 Å². The monoisotopic (exact) mass is 361 g/mol. The first kappa shape index (κ1) is 18.0. The lowest BCUT2D eigenvalue weighted by Gasteiger charge is -2.42. The molecule has 8 heteroatoms. The molecule has 1 N–H and O–H groups in total. The van der Waals surface area contributed by atoms with Crippen LogP contribution >= 0.6 is 0 Å². The Morgan fingerprint density at radius 1 is 1.27 bits per heavy atom. The number of hydrogen-bond acceptors (Lipinski definition) is 5. The number of carboxylic acids is 1. The fourth-order valence-corrected chi connectivity index (χ4v) is 3.17. The molecule has 2 atom stereocenters. The first-order valence-electron chi connectivity index (χ1n) is 8.78. The predicted molar refractivity (Wildman–Crippen MR) is 95.4 cm³/mol. The van der Waals surface area contributed by atoms with Gasteiger partial charge in [-0.15, -0.1) is 0 Å². The zero-order valence-corrected chi connectivity index (χ0v) is 15.1. The third-order valence-corrected chi connectivity index (χ3v) is 4.79. The first-order chi connectivity index (χ1) is 12.4. The predicted octanol–water partition coefficient (Wildman–Crippen LogP) is 1.42. The van der Waals surface area contributed by atoms with E-state index in [1.165, 1.54) is 10.9 Å². The molecular weight excluding hydrogens is 338 g/mol. The Balaban J connectivity index is 2.23. The van der Waals surface area contributed by atoms with Gasteiger partial charge in [0.25, 0.3) is 5.91 Å². The van der Waals surface area contributed by atoms with Crippen LogP contribution in [0.2, 0.25) is 0 Å². The minimum Gasteiger partial charge on any atom is -0.487 e. The van der Waals surface area contributed by atoms with E-state index in [1.54, 1.807) is 4.90 Å². The molecule has 0 spiro atoms. The Morgan fingerprint density at radius 3 is 2.62 bits per heavy atom. The molecule has 1 aromatic rings. The molecule has 0 fully saturated rings. The molecule has 3 rings (SSSR count). The van der Waals surface area contributed by atoms with Gasteiger partial charge in [-0.1, -0.05) is 25.5 Å². The average molecular weight is 361 g/mol. The van der Waals surface area contributed by atoms with Crippen molar-refractivity contribution >= 4 is 11.9 Å². The highest BCUT2D eigenvalue weighted by molar-refractivity contribution is 5.98. The Bertz CT molecular complexity index is 829. The number of rotatable bonds is 5. The maximum absolute atomic E-state index is 13.1. The number of aromatic carboxylic acids is 1. The quantitative estimate of drug-likeness (QED) is 0.630. The van der Waals surface area contributed by atoms with Crippen molar-refractivity contribution in [3.63, 3.8) is 0 Å². The summed E-state index contributed by atoms with van der Waals surface area (Å²) in [6.45, 7) is 6.38. The Hall–Kier alpha value is -2.77. The number of nitrogens with zero attached hydrogens (tertiary/aromatic N) is 3. The second-order valence-electron chi connectivity index (χ2n) is 6.62. The lowest BCUT2D eigenvalue weighted by atomic mass is 10.1. The van der Waals surface area contributed by atoms with Crippen LogP contribution in [0.4, 0.5) is 0 Å². The van der Waals surface area contributed by atoms with Crippen LogP contribution in [0.25, 0.3) is 0 Å². The summed E-state index contributed by atoms with van der Waals surface area (Å²) in [5.41, 5.74) is -1.08. The zero-order chi connectivity index (χ0) is 19.0. The van der Waals surface area contributed by atoms with Crippen molar-refractivity contribution in [2.45, 2.75) is 45.7 Å². The van der Waals surface area contributed by atoms with E-state index in [0.29, 0.717) is 13.1 Å². The van der Waals surface area contributed by atoms with Crippen molar-refractivity contribution in [1.29, 1.82) is 0 Å². The van der Waals surface area contributed by atoms with Crippen molar-refractivity contribution < 1.29 is 19.4 Å². The normalized spacial score (nSPS) is 21.4. The molecule has 1 amide bonds. The summed E-state index contributed by atoms with van der Waals surface area (Å²) in [6.07, 6.45) is 6.67. The van der Waals surface area contributed by atoms with E-state index in [-0.39, 0.29) is 36.0 Å². The van der Waals surface area contributed by atoms with Gasteiger partial charge in [-0.05, 0) is 20.3 Å². The number of carboxylic acid groups (broad SMARTS) is 1. The summed E-state index contributed by atoms with van der Waals surface area (Å²) in [5, 5.41) is 11.3. The summed E-state index contributed by atoms with van der Waals surface area (Å²) in [4.78, 5) is 38.9. The van der Waals surface area contributed by atoms with Gasteiger partial charge in [0.05, 0.1) is 12.6 Å². The highest BCUT2D eigenvalue weighted by Crippen LogP contribution is 2.27. The van der Waals surface area contributed by atoms with Crippen molar-refractivity contribution in [2.75, 3.05) is 18.3 Å². The van der Waals surface area contributed by atoms with Crippen LogP contribution in [0.1, 0.15) is 54.5 Å². The summed E-state index contributed by atoms with van der Waals surface area (Å²) < 4.78 is 7.09. The molecule has 0 saturated heterocycles. The maximum Gasteiger partial charge on any atom is 0.341 e. The van der Waals surface area contributed by atoms with Crippen LogP contribution in [0, 0.1) is 0 Å². The molecule has 8 nitrogen and oxygen atoms in total. The smallest absolute Gasteiger partial charge is 0.341 e. The molecule has 140 valence electrons. The van der Waals surface area contributed by atoms with E-state index < -0.39 is 17.0 Å². The average Bonchev–Trinajstić information content (AvgIpc) is 2.73. The van der Waals surface area contributed by atoms with E-state index in [4.69, 9.17) is 4.74 Å². The van der Waals surface area contributed by atoms with Gasteiger partial charge in [-0.25, -0.2) is 4.79 Å². The largest absolute Gasteiger partial charge is 0.487 e. The molecule has 0 radical (unpaired) electrons. The molecule has 2 aliphatic rings. The lowest BCUT2D eigenvalue weighted by molar-refractivity contribution is 0.0639. The number of fused-ring (bicyclic) bond motifs is 4. The van der Waals surface area contributed by atoms with Gasteiger partial charge in [0.15, 0.2) is 11.4 Å². The van der Waals surface area contributed by atoms with Crippen molar-refractivity contribution in [3.05, 3.63) is 39.8 Å². The first-order valence-corrected chi connectivity index (χ1v) is 8.78. The van der Waals surface area contributed by atoms with Gasteiger partial charge >= 0.3 is 5.97 Å². The SMILES string of the molecule is CCCCOc1c2n(cc(C(=O)O)c1=O)N1CN(C2=O)[C@@H](C)C=C[C@H]1C. The topological polar surface area (TPSA) is 92.1 Å². The fourth-order valence-electron chi connectivity index (χ4n) is 3.17. The maximum atomic E-state index is 13.1. The summed E-state index contributed by atoms with van der Waals surface area (Å²) in [5.74, 6) is -1.86. The molecule has 2 bridgehead atoms. The molecule has 1 aromatic heterocycles. The van der Waals surface area contributed by atoms with Crippen molar-refractivity contribution in [1.82, 2.24) is 9.58 Å². The Labute approximate surface area is 151 Å². The fraction of sp³-hybridized carbons (Fsp3) is 0.500. The number of ether oxygens (including phenoxy) is 1. The van der Waals surface area contributed by atoms with Gasteiger partial charge in [-0.2, -0.15) is 0 Å². The minimum absolute atomic E-state index is 0.0815. The van der Waals surface area contributed by atoms with Crippen LogP contribution in [-0.4, -0.2) is 51.9 Å². The number of unbranched alkanes of at least 4 members (excludes halogenated alkanes) is 1. The molecule has 2 aliphatic heterocycles. The Morgan fingerprint density at radius 2 is 1.96 bits per heavy atom. The van der Waals surface area contributed by atoms with Crippen molar-refractivity contribution in [3.8, 4) is 5.75 Å². The zero-order valence-electron chi connectivity index (χ0n) is 15.1. The number of carbonyl (C=O) groups excluding carboxylic acids is 1. The van der Waals surface area contributed by atoms with Crippen LogP contribution in [-0.2, 0) is 0 Å². The summed E-state index contributed by atoms with van der Waals surface area (Å²) in [6, 6.07) is -0.219. The summed E-state index contributed by atoms with van der Waals surface area (Å²) >= 11 is 0. The lowest BCUT2D eigenvalue weighted by Crippen LogP contribution is -2.57. The molecule has 26 heavy (non-hydrogen) atoms. The number of amides is 1. The van der Waals surface area contributed by atoms with Crippen molar-refractivity contribution in [2.24, 2.45) is 0 Å². The molecule has 0 saturated carbocycles. The molecule has 3 heterocycles. The third kappa shape index (κ3) is 2.85. The van der Waals surface area contributed by atoms with Crippen LogP contribution in [0.3, 0.4) is 0 Å². The van der Waals surface area contributed by atoms with E-state index >= 15 is 0 Å². The number of pyridine rings is 1. The van der Waals surface area contributed by atoms with Crippen LogP contribution < -0.4 is 15.2 Å². The van der Waals surface area contributed by atoms with E-state index in [0.717, 1.165) is 6.42 Å².